The predicted molar refractivity (Wildman–Crippen MR) is 64.4 cm³/mol. The van der Waals surface area contributed by atoms with E-state index in [0.29, 0.717) is 0 Å². The Morgan fingerprint density at radius 3 is 2.30 bits per heavy atom. The standard InChI is InChI=1S/C12H12F3N3O2/c1-18-6-9(19)17-11(10(18)20,12(13,14)15)7-2-4-8(16)5-3-7/h2-5H,6,16H2,1H3,(H,17,19). The molecule has 3 N–H and O–H groups in total. The number of rotatable bonds is 1. The lowest BCUT2D eigenvalue weighted by Gasteiger charge is -2.41. The van der Waals surface area contributed by atoms with Crippen LogP contribution in [0.1, 0.15) is 5.56 Å². The molecule has 1 saturated heterocycles. The highest BCUT2D eigenvalue weighted by molar-refractivity contribution is 5.99. The molecular formula is C12H12F3N3O2. The molecule has 108 valence electrons. The molecule has 0 aliphatic carbocycles. The van der Waals surface area contributed by atoms with Gasteiger partial charge in [-0.1, -0.05) is 12.1 Å². The van der Waals surface area contributed by atoms with Gasteiger partial charge in [0.05, 0.1) is 6.54 Å². The highest BCUT2D eigenvalue weighted by Crippen LogP contribution is 2.41. The van der Waals surface area contributed by atoms with Crippen molar-refractivity contribution in [3.8, 4) is 0 Å². The lowest BCUT2D eigenvalue weighted by molar-refractivity contribution is -0.214. The minimum absolute atomic E-state index is 0.258. The molecule has 2 rings (SSSR count). The largest absolute Gasteiger partial charge is 0.425 e. The summed E-state index contributed by atoms with van der Waals surface area (Å²) in [6, 6.07) is 4.66. The van der Waals surface area contributed by atoms with Crippen molar-refractivity contribution in [1.82, 2.24) is 10.2 Å². The maximum Gasteiger partial charge on any atom is 0.425 e. The van der Waals surface area contributed by atoms with Gasteiger partial charge in [-0.3, -0.25) is 9.59 Å². The van der Waals surface area contributed by atoms with Crippen LogP contribution in [-0.4, -0.2) is 36.5 Å². The van der Waals surface area contributed by atoms with E-state index in [4.69, 9.17) is 5.73 Å². The van der Waals surface area contributed by atoms with Crippen LogP contribution in [0.4, 0.5) is 18.9 Å². The number of carbonyl (C=O) groups is 2. The fourth-order valence-electron chi connectivity index (χ4n) is 2.16. The van der Waals surface area contributed by atoms with Gasteiger partial charge in [0.15, 0.2) is 0 Å². The number of hydrogen-bond donors (Lipinski definition) is 2. The van der Waals surface area contributed by atoms with Gasteiger partial charge in [0.25, 0.3) is 5.91 Å². The molecule has 1 aromatic rings. The Bertz CT molecular complexity index is 556. The first-order valence-electron chi connectivity index (χ1n) is 5.68. The van der Waals surface area contributed by atoms with E-state index in [-0.39, 0.29) is 11.3 Å². The number of alkyl halides is 3. The molecule has 0 saturated carbocycles. The third-order valence-electron chi connectivity index (χ3n) is 3.14. The molecule has 0 radical (unpaired) electrons. The van der Waals surface area contributed by atoms with Gasteiger partial charge in [-0.15, -0.1) is 0 Å². The molecule has 20 heavy (non-hydrogen) atoms. The van der Waals surface area contributed by atoms with Gasteiger partial charge < -0.3 is 16.0 Å². The number of hydrogen-bond acceptors (Lipinski definition) is 3. The molecule has 1 atom stereocenters. The SMILES string of the molecule is CN1CC(=O)NC(c2ccc(N)cc2)(C(F)(F)F)C1=O. The zero-order chi connectivity index (χ0) is 15.1. The van der Waals surface area contributed by atoms with Crippen molar-refractivity contribution >= 4 is 17.5 Å². The summed E-state index contributed by atoms with van der Waals surface area (Å²) in [7, 11) is 1.15. The number of halogens is 3. The van der Waals surface area contributed by atoms with Crippen LogP contribution in [0.5, 0.6) is 0 Å². The van der Waals surface area contributed by atoms with Crippen molar-refractivity contribution in [1.29, 1.82) is 0 Å². The smallest absolute Gasteiger partial charge is 0.399 e. The number of nitrogens with one attached hydrogen (secondary N) is 1. The molecule has 1 aliphatic rings. The van der Waals surface area contributed by atoms with E-state index in [1.54, 1.807) is 5.32 Å². The number of nitrogen functional groups attached to an aromatic ring is 1. The molecule has 1 aromatic carbocycles. The highest BCUT2D eigenvalue weighted by Gasteiger charge is 2.65. The van der Waals surface area contributed by atoms with E-state index in [1.165, 1.54) is 12.1 Å². The van der Waals surface area contributed by atoms with Crippen molar-refractivity contribution in [2.45, 2.75) is 11.7 Å². The van der Waals surface area contributed by atoms with Gasteiger partial charge in [0.1, 0.15) is 0 Å². The Labute approximate surface area is 112 Å². The van der Waals surface area contributed by atoms with Crippen LogP contribution in [0.2, 0.25) is 0 Å². The van der Waals surface area contributed by atoms with Crippen LogP contribution >= 0.6 is 0 Å². The van der Waals surface area contributed by atoms with Crippen LogP contribution in [0.25, 0.3) is 0 Å². The van der Waals surface area contributed by atoms with Crippen molar-refractivity contribution < 1.29 is 22.8 Å². The number of piperazine rings is 1. The van der Waals surface area contributed by atoms with E-state index in [0.717, 1.165) is 24.1 Å². The molecule has 0 spiro atoms. The molecule has 1 unspecified atom stereocenters. The van der Waals surface area contributed by atoms with Gasteiger partial charge in [-0.2, -0.15) is 13.2 Å². The Morgan fingerprint density at radius 2 is 1.80 bits per heavy atom. The third-order valence-corrected chi connectivity index (χ3v) is 3.14. The summed E-state index contributed by atoms with van der Waals surface area (Å²) in [5.41, 5.74) is 2.26. The number of likely N-dealkylation sites (N-methyl/N-ethyl adjacent to an activating group) is 1. The summed E-state index contributed by atoms with van der Waals surface area (Å²) in [6.07, 6.45) is -4.97. The quantitative estimate of drug-likeness (QED) is 0.743. The van der Waals surface area contributed by atoms with Crippen LogP contribution < -0.4 is 11.1 Å². The fraction of sp³-hybridized carbons (Fsp3) is 0.333. The first-order chi connectivity index (χ1) is 9.18. The maximum absolute atomic E-state index is 13.5. The van der Waals surface area contributed by atoms with E-state index in [9.17, 15) is 22.8 Å². The Morgan fingerprint density at radius 1 is 1.25 bits per heavy atom. The van der Waals surface area contributed by atoms with Crippen molar-refractivity contribution in [3.05, 3.63) is 29.8 Å². The summed E-state index contributed by atoms with van der Waals surface area (Å²) in [5, 5.41) is 1.79. The van der Waals surface area contributed by atoms with E-state index in [2.05, 4.69) is 0 Å². The molecule has 0 aromatic heterocycles. The molecule has 8 heteroatoms. The summed E-state index contributed by atoms with van der Waals surface area (Å²) < 4.78 is 40.5. The van der Waals surface area contributed by atoms with E-state index in [1.807, 2.05) is 0 Å². The Hall–Kier alpha value is -2.25. The summed E-state index contributed by atoms with van der Waals surface area (Å²) in [4.78, 5) is 24.3. The molecule has 2 amide bonds. The summed E-state index contributed by atoms with van der Waals surface area (Å²) in [6.45, 7) is -0.411. The van der Waals surface area contributed by atoms with Gasteiger partial charge in [-0.25, -0.2) is 0 Å². The number of benzene rings is 1. The van der Waals surface area contributed by atoms with Crippen LogP contribution in [0, 0.1) is 0 Å². The molecule has 1 fully saturated rings. The van der Waals surface area contributed by atoms with Gasteiger partial charge in [-0.05, 0) is 17.7 Å². The minimum atomic E-state index is -4.97. The van der Waals surface area contributed by atoms with Crippen LogP contribution in [0.3, 0.4) is 0 Å². The topological polar surface area (TPSA) is 75.4 Å². The average molecular weight is 287 g/mol. The second-order valence-corrected chi connectivity index (χ2v) is 4.58. The van der Waals surface area contributed by atoms with Crippen LogP contribution in [0.15, 0.2) is 24.3 Å². The third kappa shape index (κ3) is 1.97. The van der Waals surface area contributed by atoms with Gasteiger partial charge >= 0.3 is 6.18 Å². The van der Waals surface area contributed by atoms with Crippen molar-refractivity contribution in [2.75, 3.05) is 19.3 Å². The lowest BCUT2D eigenvalue weighted by Crippen LogP contribution is -2.69. The number of nitrogens with zero attached hydrogens (tertiary/aromatic N) is 1. The van der Waals surface area contributed by atoms with E-state index < -0.39 is 30.1 Å². The van der Waals surface area contributed by atoms with E-state index >= 15 is 0 Å². The molecule has 1 heterocycles. The molecule has 5 nitrogen and oxygen atoms in total. The lowest BCUT2D eigenvalue weighted by atomic mass is 9.85. The zero-order valence-corrected chi connectivity index (χ0v) is 10.5. The second-order valence-electron chi connectivity index (χ2n) is 4.58. The summed E-state index contributed by atoms with van der Waals surface area (Å²) >= 11 is 0. The predicted octanol–water partition coefficient (Wildman–Crippen LogP) is 0.615. The monoisotopic (exact) mass is 287 g/mol. The summed E-state index contributed by atoms with van der Waals surface area (Å²) in [5.74, 6) is -2.10. The van der Waals surface area contributed by atoms with Gasteiger partial charge in [0.2, 0.25) is 11.4 Å². The number of nitrogens with two attached hydrogens (primary N) is 1. The van der Waals surface area contributed by atoms with Crippen molar-refractivity contribution in [3.63, 3.8) is 0 Å². The Kier molecular flexibility index (Phi) is 3.11. The Balaban J connectivity index is 2.65. The molecule has 0 bridgehead atoms. The number of amides is 2. The van der Waals surface area contributed by atoms with Crippen molar-refractivity contribution in [2.24, 2.45) is 0 Å². The minimum Gasteiger partial charge on any atom is -0.399 e. The highest BCUT2D eigenvalue weighted by atomic mass is 19.4. The van der Waals surface area contributed by atoms with Gasteiger partial charge in [0, 0.05) is 12.7 Å². The first-order valence-corrected chi connectivity index (χ1v) is 5.68. The number of anilines is 1. The second kappa shape index (κ2) is 4.39. The first kappa shape index (κ1) is 14.2. The molecular weight excluding hydrogens is 275 g/mol. The maximum atomic E-state index is 13.5. The van der Waals surface area contributed by atoms with Crippen LogP contribution in [-0.2, 0) is 15.1 Å². The number of carbonyl (C=O) groups excluding carboxylic acids is 2. The zero-order valence-electron chi connectivity index (χ0n) is 10.5. The normalized spacial score (nSPS) is 23.7. The average Bonchev–Trinajstić information content (AvgIpc) is 2.33. The fourth-order valence-corrected chi connectivity index (χ4v) is 2.16. The molecule has 1 aliphatic heterocycles.